The lowest BCUT2D eigenvalue weighted by Gasteiger charge is -2.24. The Labute approximate surface area is 182 Å². The van der Waals surface area contributed by atoms with Crippen molar-refractivity contribution in [3.63, 3.8) is 0 Å². The zero-order chi connectivity index (χ0) is 22.4. The topological polar surface area (TPSA) is 76.5 Å². The van der Waals surface area contributed by atoms with E-state index in [2.05, 4.69) is 10.4 Å². The number of amides is 2. The minimum Gasteiger partial charge on any atom is -0.444 e. The molecule has 2 amide bonds. The second-order valence-corrected chi connectivity index (χ2v) is 8.39. The minimum atomic E-state index is -0.547. The second-order valence-electron chi connectivity index (χ2n) is 8.39. The molecule has 1 N–H and O–H groups in total. The van der Waals surface area contributed by atoms with Crippen molar-refractivity contribution >= 4 is 17.7 Å². The van der Waals surface area contributed by atoms with Crippen molar-refractivity contribution < 1.29 is 14.3 Å². The summed E-state index contributed by atoms with van der Waals surface area (Å²) in [5.41, 5.74) is 2.64. The van der Waals surface area contributed by atoms with E-state index in [9.17, 15) is 9.59 Å². The van der Waals surface area contributed by atoms with Gasteiger partial charge in [0.2, 0.25) is 0 Å². The van der Waals surface area contributed by atoms with Gasteiger partial charge < -0.3 is 15.0 Å². The van der Waals surface area contributed by atoms with Gasteiger partial charge in [0.1, 0.15) is 5.60 Å². The summed E-state index contributed by atoms with van der Waals surface area (Å²) in [6, 6.07) is 16.7. The molecule has 1 aromatic heterocycles. The summed E-state index contributed by atoms with van der Waals surface area (Å²) in [6.45, 7) is 6.53. The Hall–Kier alpha value is -3.61. The van der Waals surface area contributed by atoms with Crippen LogP contribution in [0.4, 0.5) is 10.5 Å². The molecule has 0 spiro atoms. The smallest absolute Gasteiger partial charge is 0.410 e. The average molecular weight is 421 g/mol. The largest absolute Gasteiger partial charge is 0.444 e. The summed E-state index contributed by atoms with van der Waals surface area (Å²) in [5, 5.41) is 7.10. The highest BCUT2D eigenvalue weighted by Gasteiger charge is 2.19. The standard InChI is InChI=1S/C24H28N4O3/c1-24(2,3)31-23(30)27(4)16-19-7-5-8-21(15-19)26-22(29)20-11-9-18(10-12-20)17-28-14-6-13-25-28/h5-15H,16-17H2,1-4H3,(H,26,29). The number of nitrogens with one attached hydrogen (secondary N) is 1. The van der Waals surface area contributed by atoms with Gasteiger partial charge in [-0.15, -0.1) is 0 Å². The van der Waals surface area contributed by atoms with Crippen LogP contribution in [0.2, 0.25) is 0 Å². The van der Waals surface area contributed by atoms with Crippen LogP contribution in [0.3, 0.4) is 0 Å². The maximum Gasteiger partial charge on any atom is 0.410 e. The molecular weight excluding hydrogens is 392 g/mol. The van der Waals surface area contributed by atoms with Gasteiger partial charge in [-0.2, -0.15) is 5.10 Å². The first-order valence-corrected chi connectivity index (χ1v) is 10.1. The zero-order valence-electron chi connectivity index (χ0n) is 18.3. The first kappa shape index (κ1) is 22.1. The Kier molecular flexibility index (Phi) is 6.74. The number of carbonyl (C=O) groups excluding carboxylic acids is 2. The molecular formula is C24H28N4O3. The zero-order valence-corrected chi connectivity index (χ0v) is 18.3. The van der Waals surface area contributed by atoms with Gasteiger partial charge >= 0.3 is 6.09 Å². The predicted octanol–water partition coefficient (Wildman–Crippen LogP) is 4.55. The molecule has 162 valence electrons. The van der Waals surface area contributed by atoms with Crippen LogP contribution in [0.1, 0.15) is 42.3 Å². The lowest BCUT2D eigenvalue weighted by molar-refractivity contribution is 0.0285. The molecule has 0 aliphatic rings. The highest BCUT2D eigenvalue weighted by molar-refractivity contribution is 6.04. The molecule has 0 radical (unpaired) electrons. The fraction of sp³-hybridized carbons (Fsp3) is 0.292. The average Bonchev–Trinajstić information content (AvgIpc) is 3.20. The van der Waals surface area contributed by atoms with E-state index >= 15 is 0 Å². The molecule has 0 atom stereocenters. The highest BCUT2D eigenvalue weighted by Crippen LogP contribution is 2.16. The number of anilines is 1. The third kappa shape index (κ3) is 6.70. The van der Waals surface area contributed by atoms with Crippen LogP contribution in [0.15, 0.2) is 67.0 Å². The van der Waals surface area contributed by atoms with Crippen LogP contribution in [0.25, 0.3) is 0 Å². The van der Waals surface area contributed by atoms with Gasteiger partial charge in [0.05, 0.1) is 6.54 Å². The Morgan fingerprint density at radius 2 is 1.81 bits per heavy atom. The van der Waals surface area contributed by atoms with Gasteiger partial charge in [-0.25, -0.2) is 4.79 Å². The first-order chi connectivity index (χ1) is 14.7. The molecule has 0 fully saturated rings. The highest BCUT2D eigenvalue weighted by atomic mass is 16.6. The molecule has 0 aliphatic carbocycles. The predicted molar refractivity (Wildman–Crippen MR) is 120 cm³/mol. The number of nitrogens with zero attached hydrogens (tertiary/aromatic N) is 3. The molecule has 0 aliphatic heterocycles. The SMILES string of the molecule is CN(Cc1cccc(NC(=O)c2ccc(Cn3cccn3)cc2)c1)C(=O)OC(C)(C)C. The molecule has 3 rings (SSSR count). The number of hydrogen-bond donors (Lipinski definition) is 1. The molecule has 0 bridgehead atoms. The van der Waals surface area contributed by atoms with E-state index in [0.29, 0.717) is 24.3 Å². The van der Waals surface area contributed by atoms with Gasteiger partial charge in [0, 0.05) is 37.2 Å². The Morgan fingerprint density at radius 3 is 2.45 bits per heavy atom. The molecule has 1 heterocycles. The van der Waals surface area contributed by atoms with Gasteiger partial charge in [0.15, 0.2) is 0 Å². The van der Waals surface area contributed by atoms with Crippen LogP contribution in [0.5, 0.6) is 0 Å². The second kappa shape index (κ2) is 9.47. The minimum absolute atomic E-state index is 0.191. The molecule has 0 saturated carbocycles. The van der Waals surface area contributed by atoms with E-state index in [1.165, 1.54) is 4.90 Å². The monoisotopic (exact) mass is 420 g/mol. The molecule has 7 heteroatoms. The molecule has 31 heavy (non-hydrogen) atoms. The Balaban J connectivity index is 1.59. The van der Waals surface area contributed by atoms with Crippen molar-refractivity contribution in [2.45, 2.75) is 39.5 Å². The van der Waals surface area contributed by atoms with Gasteiger partial charge in [-0.3, -0.25) is 9.48 Å². The van der Waals surface area contributed by atoms with Crippen LogP contribution in [0, 0.1) is 0 Å². The third-order valence-electron chi connectivity index (χ3n) is 4.43. The summed E-state index contributed by atoms with van der Waals surface area (Å²) < 4.78 is 7.21. The van der Waals surface area contributed by atoms with E-state index in [4.69, 9.17) is 4.74 Å². The Bertz CT molecular complexity index is 1020. The van der Waals surface area contributed by atoms with Crippen molar-refractivity contribution in [1.29, 1.82) is 0 Å². The number of carbonyl (C=O) groups is 2. The summed E-state index contributed by atoms with van der Waals surface area (Å²) >= 11 is 0. The number of benzene rings is 2. The quantitative estimate of drug-likeness (QED) is 0.635. The number of ether oxygens (including phenoxy) is 1. The van der Waals surface area contributed by atoms with Gasteiger partial charge in [0.25, 0.3) is 5.91 Å². The fourth-order valence-electron chi connectivity index (χ4n) is 2.97. The maximum atomic E-state index is 12.6. The van der Waals surface area contributed by atoms with Gasteiger partial charge in [-0.1, -0.05) is 24.3 Å². The summed E-state index contributed by atoms with van der Waals surface area (Å²) in [4.78, 5) is 26.3. The van der Waals surface area contributed by atoms with Crippen molar-refractivity contribution in [3.8, 4) is 0 Å². The Morgan fingerprint density at radius 1 is 1.06 bits per heavy atom. The maximum absolute atomic E-state index is 12.6. The van der Waals surface area contributed by atoms with E-state index in [0.717, 1.165) is 11.1 Å². The molecule has 0 unspecified atom stereocenters. The van der Waals surface area contributed by atoms with Crippen LogP contribution < -0.4 is 5.32 Å². The normalized spacial score (nSPS) is 11.1. The number of hydrogen-bond acceptors (Lipinski definition) is 4. The third-order valence-corrected chi connectivity index (χ3v) is 4.43. The molecule has 7 nitrogen and oxygen atoms in total. The van der Waals surface area contributed by atoms with E-state index in [1.807, 2.05) is 74.1 Å². The van der Waals surface area contributed by atoms with E-state index in [1.54, 1.807) is 25.4 Å². The van der Waals surface area contributed by atoms with Crippen LogP contribution in [-0.2, 0) is 17.8 Å². The van der Waals surface area contributed by atoms with Crippen LogP contribution >= 0.6 is 0 Å². The summed E-state index contributed by atoms with van der Waals surface area (Å²) in [7, 11) is 1.68. The van der Waals surface area contributed by atoms with Gasteiger partial charge in [-0.05, 0) is 62.2 Å². The van der Waals surface area contributed by atoms with Crippen molar-refractivity contribution in [3.05, 3.63) is 83.7 Å². The lowest BCUT2D eigenvalue weighted by atomic mass is 10.1. The van der Waals surface area contributed by atoms with Crippen molar-refractivity contribution in [2.24, 2.45) is 0 Å². The van der Waals surface area contributed by atoms with Crippen molar-refractivity contribution in [2.75, 3.05) is 12.4 Å². The van der Waals surface area contributed by atoms with Crippen LogP contribution in [-0.4, -0.2) is 39.3 Å². The molecule has 0 saturated heterocycles. The number of aromatic nitrogens is 2. The first-order valence-electron chi connectivity index (χ1n) is 10.1. The summed E-state index contributed by atoms with van der Waals surface area (Å²) in [6.07, 6.45) is 3.24. The van der Waals surface area contributed by atoms with Crippen molar-refractivity contribution in [1.82, 2.24) is 14.7 Å². The molecule has 2 aromatic carbocycles. The fourth-order valence-corrected chi connectivity index (χ4v) is 2.97. The molecule has 3 aromatic rings. The van der Waals surface area contributed by atoms with E-state index in [-0.39, 0.29) is 5.91 Å². The van der Waals surface area contributed by atoms with E-state index < -0.39 is 11.7 Å². The summed E-state index contributed by atoms with van der Waals surface area (Å²) in [5.74, 6) is -0.191. The lowest BCUT2D eigenvalue weighted by Crippen LogP contribution is -2.33. The number of rotatable bonds is 6.